The van der Waals surface area contributed by atoms with Crippen LogP contribution < -0.4 is 0 Å². The lowest BCUT2D eigenvalue weighted by Crippen LogP contribution is -2.53. The summed E-state index contributed by atoms with van der Waals surface area (Å²) in [5, 5.41) is -0.503. The third kappa shape index (κ3) is 6.21. The van der Waals surface area contributed by atoms with E-state index in [0.29, 0.717) is 6.42 Å². The quantitative estimate of drug-likeness (QED) is 0.383. The smallest absolute Gasteiger partial charge is 0.462 e. The molecule has 0 bridgehead atoms. The molecule has 0 spiro atoms. The molecule has 0 atom stereocenters. The molecule has 0 aromatic carbocycles. The summed E-state index contributed by atoms with van der Waals surface area (Å²) in [7, 11) is -4.42. The van der Waals surface area contributed by atoms with Gasteiger partial charge in [-0.15, -0.1) is 0 Å². The Balaban J connectivity index is 5.54. The molecule has 9 heteroatoms. The number of hydrogen-bond donors (Lipinski definition) is 0. The molecular formula is C12H18O8Si. The van der Waals surface area contributed by atoms with Gasteiger partial charge in [-0.2, -0.15) is 0 Å². The third-order valence-electron chi connectivity index (χ3n) is 1.89. The van der Waals surface area contributed by atoms with Crippen molar-refractivity contribution in [3.63, 3.8) is 0 Å². The average molecular weight is 318 g/mol. The van der Waals surface area contributed by atoms with E-state index in [2.05, 4.69) is 6.58 Å². The highest BCUT2D eigenvalue weighted by molar-refractivity contribution is 6.77. The lowest BCUT2D eigenvalue weighted by Gasteiger charge is -2.26. The maximum Gasteiger partial charge on any atom is 0.749 e. The summed E-state index contributed by atoms with van der Waals surface area (Å²) in [5.41, 5.74) is 0. The van der Waals surface area contributed by atoms with Crippen molar-refractivity contribution in [1.29, 1.82) is 0 Å². The van der Waals surface area contributed by atoms with Crippen molar-refractivity contribution in [3.05, 3.63) is 11.8 Å². The van der Waals surface area contributed by atoms with Gasteiger partial charge in [-0.3, -0.25) is 14.4 Å². The summed E-state index contributed by atoms with van der Waals surface area (Å²) in [6.07, 6.45) is 0.544. The minimum atomic E-state index is -4.42. The Hall–Kier alpha value is -2.16. The normalized spacial score (nSPS) is 10.3. The van der Waals surface area contributed by atoms with Crippen molar-refractivity contribution in [2.24, 2.45) is 0 Å². The van der Waals surface area contributed by atoms with Gasteiger partial charge in [0, 0.05) is 20.8 Å². The second-order valence-corrected chi connectivity index (χ2v) is 6.28. The standard InChI is InChI=1S/C12H18O8Si/c1-6-7-17-12(16)8(2)21(18-9(3)13,19-10(4)14)20-11(5)15/h2,6-7H2,1,3-5H3. The van der Waals surface area contributed by atoms with E-state index in [9.17, 15) is 19.2 Å². The first-order valence-electron chi connectivity index (χ1n) is 6.09. The van der Waals surface area contributed by atoms with Crippen molar-refractivity contribution in [2.75, 3.05) is 6.61 Å². The fraction of sp³-hybridized carbons (Fsp3) is 0.500. The zero-order valence-corrected chi connectivity index (χ0v) is 13.4. The molecule has 0 N–H and O–H groups in total. The first kappa shape index (κ1) is 18.8. The predicted molar refractivity (Wildman–Crippen MR) is 71.4 cm³/mol. The van der Waals surface area contributed by atoms with Gasteiger partial charge in [0.15, 0.2) is 0 Å². The summed E-state index contributed by atoms with van der Waals surface area (Å²) in [6, 6.07) is 0. The van der Waals surface area contributed by atoms with E-state index in [-0.39, 0.29) is 6.61 Å². The second-order valence-electron chi connectivity index (χ2n) is 3.95. The van der Waals surface area contributed by atoms with Crippen LogP contribution in [0.2, 0.25) is 0 Å². The number of hydrogen-bond acceptors (Lipinski definition) is 8. The average Bonchev–Trinajstić information content (AvgIpc) is 2.32. The lowest BCUT2D eigenvalue weighted by atomic mass is 10.5. The van der Waals surface area contributed by atoms with Gasteiger partial charge < -0.3 is 18.0 Å². The molecular weight excluding hydrogens is 300 g/mol. The van der Waals surface area contributed by atoms with Crippen molar-refractivity contribution in [2.45, 2.75) is 34.1 Å². The Morgan fingerprint density at radius 2 is 1.29 bits per heavy atom. The zero-order valence-electron chi connectivity index (χ0n) is 12.4. The number of rotatable bonds is 7. The van der Waals surface area contributed by atoms with E-state index in [4.69, 9.17) is 18.0 Å². The highest BCUT2D eigenvalue weighted by Gasteiger charge is 2.59. The minimum Gasteiger partial charge on any atom is -0.462 e. The molecule has 0 aromatic heterocycles. The molecule has 0 rings (SSSR count). The summed E-state index contributed by atoms with van der Waals surface area (Å²) in [6.45, 7) is 8.29. The Labute approximate surface area is 123 Å². The van der Waals surface area contributed by atoms with Gasteiger partial charge >= 0.3 is 14.8 Å². The van der Waals surface area contributed by atoms with Crippen LogP contribution in [0.5, 0.6) is 0 Å². The van der Waals surface area contributed by atoms with Crippen molar-refractivity contribution < 1.29 is 37.2 Å². The molecule has 0 aliphatic carbocycles. The van der Waals surface area contributed by atoms with Crippen molar-refractivity contribution in [3.8, 4) is 0 Å². The van der Waals surface area contributed by atoms with E-state index in [0.717, 1.165) is 20.8 Å². The van der Waals surface area contributed by atoms with Crippen LogP contribution >= 0.6 is 0 Å². The summed E-state index contributed by atoms with van der Waals surface area (Å²) in [5.74, 6) is -3.65. The molecule has 118 valence electrons. The minimum absolute atomic E-state index is 0.0859. The zero-order chi connectivity index (χ0) is 16.6. The molecule has 0 saturated heterocycles. The summed E-state index contributed by atoms with van der Waals surface area (Å²) < 4.78 is 19.3. The highest BCUT2D eigenvalue weighted by Crippen LogP contribution is 2.21. The van der Waals surface area contributed by atoms with Crippen LogP contribution in [0.3, 0.4) is 0 Å². The molecule has 0 aliphatic heterocycles. The molecule has 21 heavy (non-hydrogen) atoms. The van der Waals surface area contributed by atoms with Crippen LogP contribution in [-0.4, -0.2) is 39.3 Å². The molecule has 0 radical (unpaired) electrons. The summed E-state index contributed by atoms with van der Waals surface area (Å²) in [4.78, 5) is 45.4. The topological polar surface area (TPSA) is 105 Å². The largest absolute Gasteiger partial charge is 0.749 e. The van der Waals surface area contributed by atoms with Gasteiger partial charge in [-0.25, -0.2) is 4.79 Å². The highest BCUT2D eigenvalue weighted by atomic mass is 28.4. The molecule has 0 unspecified atom stereocenters. The molecule has 0 fully saturated rings. The SMILES string of the molecule is C=C(C(=O)OCCC)[Si](OC(C)=O)(OC(C)=O)OC(C)=O. The van der Waals surface area contributed by atoms with Crippen molar-refractivity contribution in [1.82, 2.24) is 0 Å². The summed E-state index contributed by atoms with van der Waals surface area (Å²) >= 11 is 0. The van der Waals surface area contributed by atoms with E-state index >= 15 is 0 Å². The first-order chi connectivity index (χ1) is 9.64. The van der Waals surface area contributed by atoms with Gasteiger partial charge in [0.05, 0.1) is 6.61 Å². The van der Waals surface area contributed by atoms with Crippen LogP contribution in [-0.2, 0) is 37.2 Å². The fourth-order valence-corrected chi connectivity index (χ4v) is 3.17. The van der Waals surface area contributed by atoms with Crippen LogP contribution in [0, 0.1) is 0 Å². The van der Waals surface area contributed by atoms with Gasteiger partial charge in [0.1, 0.15) is 5.20 Å². The molecule has 0 heterocycles. The second kappa shape index (κ2) is 8.20. The monoisotopic (exact) mass is 318 g/mol. The molecule has 0 saturated carbocycles. The molecule has 0 amide bonds. The van der Waals surface area contributed by atoms with Crippen LogP contribution in [0.25, 0.3) is 0 Å². The maximum atomic E-state index is 11.8. The Bertz CT molecular complexity index is 415. The maximum absolute atomic E-state index is 11.8. The first-order valence-corrected chi connectivity index (χ1v) is 7.82. The number of carbonyl (C=O) groups is 4. The van der Waals surface area contributed by atoms with E-state index < -0.39 is 37.9 Å². The number of esters is 1. The Morgan fingerprint density at radius 3 is 1.57 bits per heavy atom. The third-order valence-corrected chi connectivity index (χ3v) is 4.50. The van der Waals surface area contributed by atoms with Crippen LogP contribution in [0.15, 0.2) is 11.8 Å². The van der Waals surface area contributed by atoms with Gasteiger partial charge in [-0.05, 0) is 6.42 Å². The van der Waals surface area contributed by atoms with Gasteiger partial charge in [0.2, 0.25) is 0 Å². The predicted octanol–water partition coefficient (Wildman–Crippen LogP) is 0.663. The van der Waals surface area contributed by atoms with Gasteiger partial charge in [0.25, 0.3) is 17.9 Å². The van der Waals surface area contributed by atoms with E-state index in [1.807, 2.05) is 0 Å². The van der Waals surface area contributed by atoms with Crippen LogP contribution in [0.1, 0.15) is 34.1 Å². The van der Waals surface area contributed by atoms with Crippen molar-refractivity contribution >= 4 is 32.7 Å². The van der Waals surface area contributed by atoms with Crippen LogP contribution in [0.4, 0.5) is 0 Å². The lowest BCUT2D eigenvalue weighted by molar-refractivity contribution is -0.147. The van der Waals surface area contributed by atoms with E-state index in [1.165, 1.54) is 0 Å². The van der Waals surface area contributed by atoms with Gasteiger partial charge in [-0.1, -0.05) is 13.5 Å². The Kier molecular flexibility index (Phi) is 7.35. The Morgan fingerprint density at radius 1 is 0.905 bits per heavy atom. The van der Waals surface area contributed by atoms with E-state index in [1.54, 1.807) is 6.92 Å². The molecule has 0 aromatic rings. The number of carbonyl (C=O) groups excluding carboxylic acids is 4. The molecule has 0 aliphatic rings. The molecule has 8 nitrogen and oxygen atoms in total. The number of ether oxygens (including phenoxy) is 1. The fourth-order valence-electron chi connectivity index (χ4n) is 1.22.